The van der Waals surface area contributed by atoms with E-state index in [2.05, 4.69) is 26.3 Å². The second-order valence-electron chi connectivity index (χ2n) is 6.60. The van der Waals surface area contributed by atoms with Crippen molar-refractivity contribution in [1.82, 2.24) is 10.3 Å². The van der Waals surface area contributed by atoms with Crippen molar-refractivity contribution in [2.45, 2.75) is 19.1 Å². The number of methoxy groups -OCH3 is 1. The maximum absolute atomic E-state index is 13.0. The van der Waals surface area contributed by atoms with Crippen molar-refractivity contribution in [1.29, 1.82) is 0 Å². The smallest absolute Gasteiger partial charge is 0.255 e. The normalized spacial score (nSPS) is 20.4. The summed E-state index contributed by atoms with van der Waals surface area (Å²) in [5, 5.41) is 9.73. The Kier molecular flexibility index (Phi) is 5.26. The fourth-order valence-corrected chi connectivity index (χ4v) is 4.66. The first-order valence-corrected chi connectivity index (χ1v) is 10.9. The number of fused-ring (bicyclic) bond motifs is 3. The molecule has 1 N–H and O–H groups in total. The number of hydrazone groups is 1. The molecular formula is C20H19BrN4O3S. The van der Waals surface area contributed by atoms with Crippen LogP contribution in [0.25, 0.3) is 0 Å². The van der Waals surface area contributed by atoms with E-state index < -0.39 is 12.2 Å². The number of amidine groups is 1. The largest absolute Gasteiger partial charge is 0.496 e. The van der Waals surface area contributed by atoms with Gasteiger partial charge in [0.25, 0.3) is 5.91 Å². The predicted octanol–water partition coefficient (Wildman–Crippen LogP) is 3.63. The maximum atomic E-state index is 13.0. The number of thioether (sulfide) groups is 1. The fraction of sp³-hybridized carbons (Fsp3) is 0.250. The van der Waals surface area contributed by atoms with Gasteiger partial charge in [-0.15, -0.1) is 5.10 Å². The van der Waals surface area contributed by atoms with Crippen molar-refractivity contribution in [2.24, 2.45) is 5.10 Å². The van der Waals surface area contributed by atoms with Crippen molar-refractivity contribution in [3.8, 4) is 5.75 Å². The van der Waals surface area contributed by atoms with Crippen LogP contribution in [-0.4, -0.2) is 35.4 Å². The highest BCUT2D eigenvalue weighted by atomic mass is 79.9. The Morgan fingerprint density at radius 1 is 1.28 bits per heavy atom. The van der Waals surface area contributed by atoms with Gasteiger partial charge in [-0.2, -0.15) is 0 Å². The molecule has 2 heterocycles. The number of nitrogens with zero attached hydrogens (tertiary/aromatic N) is 3. The molecule has 150 valence electrons. The van der Waals surface area contributed by atoms with Crippen LogP contribution in [0.15, 0.2) is 52.0 Å². The van der Waals surface area contributed by atoms with Crippen LogP contribution < -0.4 is 15.0 Å². The Bertz CT molecular complexity index is 1030. The standard InChI is InChI=1S/C20H19BrN4O3S/c1-11(26)24-15-7-5-4-6-13(15)17-18(27)22-20(29-3)23-25(17)19(24)12-8-9-16(28-2)14(21)10-12/h4-10,17,19H,1-3H3,(H,22,23,27)/t17-,19+/m0/s1. The summed E-state index contributed by atoms with van der Waals surface area (Å²) in [6, 6.07) is 12.4. The molecule has 7 nitrogen and oxygen atoms in total. The molecule has 0 aliphatic carbocycles. The van der Waals surface area contributed by atoms with Crippen LogP contribution in [0.2, 0.25) is 0 Å². The highest BCUT2D eigenvalue weighted by molar-refractivity contribution is 9.10. The number of benzene rings is 2. The molecule has 2 aliphatic heterocycles. The van der Waals surface area contributed by atoms with E-state index in [1.54, 1.807) is 17.0 Å². The van der Waals surface area contributed by atoms with E-state index in [0.29, 0.717) is 16.6 Å². The number of hydrogen-bond donors (Lipinski definition) is 1. The third kappa shape index (κ3) is 3.28. The van der Waals surface area contributed by atoms with E-state index in [-0.39, 0.29) is 11.8 Å². The zero-order valence-electron chi connectivity index (χ0n) is 16.0. The van der Waals surface area contributed by atoms with Crippen molar-refractivity contribution < 1.29 is 14.3 Å². The molecule has 0 unspecified atom stereocenters. The van der Waals surface area contributed by atoms with Crippen molar-refractivity contribution in [3.05, 3.63) is 58.1 Å². The first kappa shape index (κ1) is 19.8. The minimum atomic E-state index is -0.636. The molecule has 2 aliphatic rings. The minimum absolute atomic E-state index is 0.139. The Labute approximate surface area is 181 Å². The average molecular weight is 475 g/mol. The number of hydrogen-bond acceptors (Lipinski definition) is 6. The number of para-hydroxylation sites is 1. The van der Waals surface area contributed by atoms with Crippen molar-refractivity contribution in [3.63, 3.8) is 0 Å². The van der Waals surface area contributed by atoms with Gasteiger partial charge in [-0.05, 0) is 45.9 Å². The van der Waals surface area contributed by atoms with E-state index >= 15 is 0 Å². The molecule has 2 aromatic rings. The van der Waals surface area contributed by atoms with Crippen LogP contribution >= 0.6 is 27.7 Å². The van der Waals surface area contributed by atoms with E-state index in [1.807, 2.05) is 48.7 Å². The van der Waals surface area contributed by atoms with Crippen LogP contribution in [0.5, 0.6) is 5.75 Å². The molecule has 0 radical (unpaired) electrons. The summed E-state index contributed by atoms with van der Waals surface area (Å²) in [5.74, 6) is 0.373. The monoisotopic (exact) mass is 474 g/mol. The van der Waals surface area contributed by atoms with Crippen LogP contribution in [0.4, 0.5) is 5.69 Å². The fourth-order valence-electron chi connectivity index (χ4n) is 3.73. The Morgan fingerprint density at radius 2 is 2.03 bits per heavy atom. The molecule has 4 rings (SSSR count). The molecule has 0 bridgehead atoms. The molecule has 2 atom stereocenters. The number of halogens is 1. The number of rotatable bonds is 2. The number of amides is 2. The third-order valence-electron chi connectivity index (χ3n) is 4.94. The SMILES string of the molecule is COc1ccc([C@@H]2N(C(C)=O)c3ccccc3[C@H]3C(=O)NC(SC)=NN32)cc1Br. The zero-order valence-corrected chi connectivity index (χ0v) is 18.5. The molecule has 0 saturated carbocycles. The summed E-state index contributed by atoms with van der Waals surface area (Å²) in [6.45, 7) is 1.52. The molecule has 29 heavy (non-hydrogen) atoms. The van der Waals surface area contributed by atoms with Crippen LogP contribution in [-0.2, 0) is 9.59 Å². The lowest BCUT2D eigenvalue weighted by Gasteiger charge is -2.48. The second-order valence-corrected chi connectivity index (χ2v) is 8.25. The molecule has 9 heteroatoms. The molecule has 0 fully saturated rings. The van der Waals surface area contributed by atoms with Gasteiger partial charge in [0.2, 0.25) is 5.91 Å². The molecule has 0 aromatic heterocycles. The lowest BCUT2D eigenvalue weighted by molar-refractivity contribution is -0.129. The topological polar surface area (TPSA) is 74.2 Å². The summed E-state index contributed by atoms with van der Waals surface area (Å²) < 4.78 is 6.10. The summed E-state index contributed by atoms with van der Waals surface area (Å²) in [7, 11) is 1.60. The Balaban J connectivity index is 1.96. The maximum Gasteiger partial charge on any atom is 0.255 e. The predicted molar refractivity (Wildman–Crippen MR) is 117 cm³/mol. The summed E-state index contributed by atoms with van der Waals surface area (Å²) in [4.78, 5) is 27.5. The lowest BCUT2D eigenvalue weighted by Crippen LogP contribution is -2.55. The van der Waals surface area contributed by atoms with Gasteiger partial charge >= 0.3 is 0 Å². The van der Waals surface area contributed by atoms with Crippen LogP contribution in [0.3, 0.4) is 0 Å². The first-order chi connectivity index (χ1) is 14.0. The second kappa shape index (κ2) is 7.72. The van der Waals surface area contributed by atoms with Gasteiger partial charge in [0.05, 0.1) is 17.3 Å². The summed E-state index contributed by atoms with van der Waals surface area (Å²) in [6.07, 6.45) is 1.27. The van der Waals surface area contributed by atoms with Gasteiger partial charge in [-0.3, -0.25) is 19.5 Å². The lowest BCUT2D eigenvalue weighted by atomic mass is 9.95. The molecular weight excluding hydrogens is 456 g/mol. The molecule has 2 aromatic carbocycles. The summed E-state index contributed by atoms with van der Waals surface area (Å²) >= 11 is 4.87. The van der Waals surface area contributed by atoms with Gasteiger partial charge in [-0.1, -0.05) is 36.0 Å². The summed E-state index contributed by atoms with van der Waals surface area (Å²) in [5.41, 5.74) is 2.26. The number of carbonyl (C=O) groups excluding carboxylic acids is 2. The number of anilines is 1. The number of carbonyl (C=O) groups is 2. The molecule has 0 spiro atoms. The number of nitrogens with one attached hydrogen (secondary N) is 1. The van der Waals surface area contributed by atoms with Crippen LogP contribution in [0, 0.1) is 0 Å². The number of ether oxygens (including phenoxy) is 1. The first-order valence-electron chi connectivity index (χ1n) is 8.90. The average Bonchev–Trinajstić information content (AvgIpc) is 2.71. The van der Waals surface area contributed by atoms with Crippen LogP contribution in [0.1, 0.15) is 30.3 Å². The van der Waals surface area contributed by atoms with Gasteiger partial charge in [-0.25, -0.2) is 0 Å². The molecule has 2 amide bonds. The van der Waals surface area contributed by atoms with Crippen molar-refractivity contribution in [2.75, 3.05) is 18.3 Å². The quantitative estimate of drug-likeness (QED) is 0.718. The van der Waals surface area contributed by atoms with Gasteiger partial charge in [0.15, 0.2) is 17.4 Å². The minimum Gasteiger partial charge on any atom is -0.496 e. The zero-order chi connectivity index (χ0) is 20.7. The van der Waals surface area contributed by atoms with Crippen molar-refractivity contribution >= 4 is 50.4 Å². The van der Waals surface area contributed by atoms with Gasteiger partial charge in [0, 0.05) is 12.5 Å². The highest BCUT2D eigenvalue weighted by Gasteiger charge is 2.46. The van der Waals surface area contributed by atoms with E-state index in [9.17, 15) is 9.59 Å². The Hall–Kier alpha value is -2.52. The highest BCUT2D eigenvalue weighted by Crippen LogP contribution is 2.47. The van der Waals surface area contributed by atoms with E-state index in [1.165, 1.54) is 18.7 Å². The van der Waals surface area contributed by atoms with E-state index in [0.717, 1.165) is 15.6 Å². The third-order valence-corrected chi connectivity index (χ3v) is 6.13. The molecule has 0 saturated heterocycles. The Morgan fingerprint density at radius 3 is 2.69 bits per heavy atom. The van der Waals surface area contributed by atoms with Gasteiger partial charge in [0.1, 0.15) is 5.75 Å². The van der Waals surface area contributed by atoms with E-state index in [4.69, 9.17) is 4.74 Å². The van der Waals surface area contributed by atoms with Gasteiger partial charge < -0.3 is 10.1 Å².